The van der Waals surface area contributed by atoms with Crippen LogP contribution in [0.25, 0.3) is 0 Å². The van der Waals surface area contributed by atoms with E-state index in [1.54, 1.807) is 25.1 Å². The molecule has 0 spiro atoms. The molecule has 0 heterocycles. The van der Waals surface area contributed by atoms with Crippen LogP contribution in [-0.2, 0) is 32.6 Å². The lowest BCUT2D eigenvalue weighted by Crippen LogP contribution is -2.53. The van der Waals surface area contributed by atoms with Crippen molar-refractivity contribution in [3.63, 3.8) is 0 Å². The molecule has 1 atom stereocenters. The molecule has 0 radical (unpaired) electrons. The summed E-state index contributed by atoms with van der Waals surface area (Å²) in [4.78, 5) is 29.3. The highest BCUT2D eigenvalue weighted by molar-refractivity contribution is 7.92. The van der Waals surface area contributed by atoms with Crippen molar-refractivity contribution in [3.05, 3.63) is 126 Å². The van der Waals surface area contributed by atoms with Gasteiger partial charge in [0, 0.05) is 25.1 Å². The first kappa shape index (κ1) is 35.1. The fraction of sp³-hybridized carbons (Fsp3) is 0.278. The summed E-state index contributed by atoms with van der Waals surface area (Å²) in [6.45, 7) is 5.32. The molecular weight excluding hydrogens is 624 g/mol. The van der Waals surface area contributed by atoms with Gasteiger partial charge in [0.2, 0.25) is 11.8 Å². The molecule has 4 aromatic carbocycles. The minimum absolute atomic E-state index is 0.0309. The van der Waals surface area contributed by atoms with Crippen LogP contribution in [0, 0.1) is 17.6 Å². The van der Waals surface area contributed by atoms with Crippen molar-refractivity contribution in [2.24, 2.45) is 5.92 Å². The van der Waals surface area contributed by atoms with Gasteiger partial charge >= 0.3 is 0 Å². The van der Waals surface area contributed by atoms with Crippen LogP contribution < -0.4 is 14.4 Å². The molecule has 0 aliphatic heterocycles. The highest BCUT2D eigenvalue weighted by atomic mass is 32.2. The first-order valence-corrected chi connectivity index (χ1v) is 16.8. The van der Waals surface area contributed by atoms with Crippen LogP contribution >= 0.6 is 0 Å². The standard InChI is InChI=1S/C36H39F2N3O5S/c1-4-46-31-18-20-32(21-19-31)47(44,45)41(30-16-14-29(37)15-17-30)25-35(42)40(24-28-12-8-9-13-33(28)38)34(36(43)39-23-26(2)3)22-27-10-6-5-7-11-27/h5-21,26,34H,4,22-25H2,1-3H3,(H,39,43). The SMILES string of the molecule is CCOc1ccc(S(=O)(=O)N(CC(=O)N(Cc2ccccc2F)C(Cc2ccccc2)C(=O)NCC(C)C)c2ccc(F)cc2)cc1. The third kappa shape index (κ3) is 9.38. The molecule has 248 valence electrons. The van der Waals surface area contributed by atoms with Gasteiger partial charge in [0.25, 0.3) is 10.0 Å². The lowest BCUT2D eigenvalue weighted by molar-refractivity contribution is -0.140. The van der Waals surface area contributed by atoms with Crippen molar-refractivity contribution in [1.29, 1.82) is 0 Å². The number of carbonyl (C=O) groups excluding carboxylic acids is 2. The number of amides is 2. The number of anilines is 1. The minimum Gasteiger partial charge on any atom is -0.494 e. The predicted octanol–water partition coefficient (Wildman–Crippen LogP) is 5.97. The van der Waals surface area contributed by atoms with E-state index in [1.165, 1.54) is 59.5 Å². The van der Waals surface area contributed by atoms with Crippen LogP contribution in [0.15, 0.2) is 108 Å². The Kier molecular flexibility index (Phi) is 12.1. The highest BCUT2D eigenvalue weighted by Crippen LogP contribution is 2.27. The van der Waals surface area contributed by atoms with Gasteiger partial charge in [-0.1, -0.05) is 62.4 Å². The number of nitrogens with zero attached hydrogens (tertiary/aromatic N) is 2. The Bertz CT molecular complexity index is 1730. The topological polar surface area (TPSA) is 96.0 Å². The molecule has 0 saturated heterocycles. The summed E-state index contributed by atoms with van der Waals surface area (Å²) in [5.41, 5.74) is 0.933. The average Bonchev–Trinajstić information content (AvgIpc) is 3.06. The minimum atomic E-state index is -4.40. The van der Waals surface area contributed by atoms with Crippen molar-refractivity contribution in [2.75, 3.05) is 24.0 Å². The summed E-state index contributed by atoms with van der Waals surface area (Å²) < 4.78 is 63.5. The number of carbonyl (C=O) groups is 2. The Morgan fingerprint density at radius 1 is 0.851 bits per heavy atom. The Labute approximate surface area is 275 Å². The Morgan fingerprint density at radius 3 is 2.11 bits per heavy atom. The third-order valence-electron chi connectivity index (χ3n) is 7.37. The van der Waals surface area contributed by atoms with E-state index in [2.05, 4.69) is 5.32 Å². The van der Waals surface area contributed by atoms with Crippen LogP contribution in [0.2, 0.25) is 0 Å². The van der Waals surface area contributed by atoms with Crippen molar-refractivity contribution < 1.29 is 31.5 Å². The Morgan fingerprint density at radius 2 is 1.49 bits per heavy atom. The molecule has 0 aromatic heterocycles. The number of sulfonamides is 1. The largest absolute Gasteiger partial charge is 0.494 e. The van der Waals surface area contributed by atoms with Gasteiger partial charge in [-0.15, -0.1) is 0 Å². The first-order valence-electron chi connectivity index (χ1n) is 15.3. The van der Waals surface area contributed by atoms with E-state index < -0.39 is 46.1 Å². The maximum atomic E-state index is 15.0. The molecule has 11 heteroatoms. The van der Waals surface area contributed by atoms with Gasteiger partial charge < -0.3 is 15.0 Å². The predicted molar refractivity (Wildman–Crippen MR) is 177 cm³/mol. The molecule has 1 unspecified atom stereocenters. The summed E-state index contributed by atoms with van der Waals surface area (Å²) in [7, 11) is -4.40. The lowest BCUT2D eigenvalue weighted by atomic mass is 10.0. The van der Waals surface area contributed by atoms with E-state index in [1.807, 2.05) is 32.0 Å². The van der Waals surface area contributed by atoms with E-state index in [-0.39, 0.29) is 35.0 Å². The monoisotopic (exact) mass is 663 g/mol. The van der Waals surface area contributed by atoms with Crippen molar-refractivity contribution in [2.45, 2.75) is 44.7 Å². The van der Waals surface area contributed by atoms with Crippen LogP contribution in [0.1, 0.15) is 31.9 Å². The van der Waals surface area contributed by atoms with Crippen LogP contribution in [0.3, 0.4) is 0 Å². The molecule has 0 aliphatic carbocycles. The summed E-state index contributed by atoms with van der Waals surface area (Å²) >= 11 is 0. The van der Waals surface area contributed by atoms with Gasteiger partial charge in [0.15, 0.2) is 0 Å². The van der Waals surface area contributed by atoms with Crippen LogP contribution in [0.4, 0.5) is 14.5 Å². The smallest absolute Gasteiger partial charge is 0.264 e. The molecular formula is C36H39F2N3O5S. The number of halogens is 2. The van der Waals surface area contributed by atoms with Crippen molar-refractivity contribution in [1.82, 2.24) is 10.2 Å². The van der Waals surface area contributed by atoms with Gasteiger partial charge in [-0.05, 0) is 73.0 Å². The summed E-state index contributed by atoms with van der Waals surface area (Å²) in [5, 5.41) is 2.89. The highest BCUT2D eigenvalue weighted by Gasteiger charge is 2.35. The molecule has 4 rings (SSSR count). The quantitative estimate of drug-likeness (QED) is 0.169. The molecule has 0 fully saturated rings. The fourth-order valence-electron chi connectivity index (χ4n) is 4.92. The summed E-state index contributed by atoms with van der Waals surface area (Å²) in [6, 6.07) is 24.3. The Balaban J connectivity index is 1.79. The number of nitrogens with one attached hydrogen (secondary N) is 1. The second-order valence-electron chi connectivity index (χ2n) is 11.4. The van der Waals surface area contributed by atoms with E-state index >= 15 is 4.39 Å². The van der Waals surface area contributed by atoms with Gasteiger partial charge in [-0.3, -0.25) is 13.9 Å². The van der Waals surface area contributed by atoms with Crippen LogP contribution in [0.5, 0.6) is 5.75 Å². The van der Waals surface area contributed by atoms with Gasteiger partial charge in [0.1, 0.15) is 30.0 Å². The molecule has 0 saturated carbocycles. The Hall–Kier alpha value is -4.77. The molecule has 1 N–H and O–H groups in total. The number of hydrogen-bond donors (Lipinski definition) is 1. The number of hydrogen-bond acceptors (Lipinski definition) is 5. The zero-order valence-corrected chi connectivity index (χ0v) is 27.4. The number of rotatable bonds is 15. The molecule has 8 nitrogen and oxygen atoms in total. The van der Waals surface area contributed by atoms with E-state index in [0.29, 0.717) is 18.9 Å². The third-order valence-corrected chi connectivity index (χ3v) is 9.16. The van der Waals surface area contributed by atoms with Gasteiger partial charge in [-0.25, -0.2) is 17.2 Å². The summed E-state index contributed by atoms with van der Waals surface area (Å²) in [6.07, 6.45) is 0.0904. The molecule has 4 aromatic rings. The van der Waals surface area contributed by atoms with Gasteiger partial charge in [-0.2, -0.15) is 0 Å². The van der Waals surface area contributed by atoms with Crippen molar-refractivity contribution in [3.8, 4) is 5.75 Å². The molecule has 2 amide bonds. The fourth-order valence-corrected chi connectivity index (χ4v) is 6.34. The molecule has 47 heavy (non-hydrogen) atoms. The second-order valence-corrected chi connectivity index (χ2v) is 13.2. The van der Waals surface area contributed by atoms with E-state index in [9.17, 15) is 22.4 Å². The second kappa shape index (κ2) is 16.2. The summed E-state index contributed by atoms with van der Waals surface area (Å²) in [5.74, 6) is -1.82. The average molecular weight is 664 g/mol. The van der Waals surface area contributed by atoms with E-state index in [4.69, 9.17) is 4.74 Å². The van der Waals surface area contributed by atoms with Gasteiger partial charge in [0.05, 0.1) is 17.2 Å². The van der Waals surface area contributed by atoms with E-state index in [0.717, 1.165) is 22.0 Å². The maximum absolute atomic E-state index is 15.0. The van der Waals surface area contributed by atoms with Crippen molar-refractivity contribution >= 4 is 27.5 Å². The molecule has 0 aliphatic rings. The number of benzene rings is 4. The normalized spacial score (nSPS) is 12.0. The lowest BCUT2D eigenvalue weighted by Gasteiger charge is -2.34. The first-order chi connectivity index (χ1) is 22.5. The zero-order chi connectivity index (χ0) is 34.0. The maximum Gasteiger partial charge on any atom is 0.264 e. The molecule has 0 bridgehead atoms. The zero-order valence-electron chi connectivity index (χ0n) is 26.6. The van der Waals surface area contributed by atoms with Crippen LogP contribution in [-0.4, -0.2) is 50.9 Å². The number of ether oxygens (including phenoxy) is 1.